The van der Waals surface area contributed by atoms with E-state index in [-0.39, 0.29) is 29.1 Å². The van der Waals surface area contributed by atoms with E-state index in [1.165, 1.54) is 11.2 Å². The highest BCUT2D eigenvalue weighted by atomic mass is 32.2. The maximum absolute atomic E-state index is 13.1. The molecule has 0 bridgehead atoms. The van der Waals surface area contributed by atoms with Gasteiger partial charge in [0.25, 0.3) is 0 Å². The van der Waals surface area contributed by atoms with Gasteiger partial charge in [-0.2, -0.15) is 9.29 Å². The minimum absolute atomic E-state index is 0.109. The third kappa shape index (κ3) is 4.09. The molecule has 0 saturated carbocycles. The van der Waals surface area contributed by atoms with Gasteiger partial charge in [0, 0.05) is 45.9 Å². The summed E-state index contributed by atoms with van der Waals surface area (Å²) in [5, 5.41) is 7.61. The smallest absolute Gasteiger partial charge is 0.248 e. The molecule has 3 rings (SSSR count). The summed E-state index contributed by atoms with van der Waals surface area (Å²) in [5.41, 5.74) is 0.343. The van der Waals surface area contributed by atoms with Crippen LogP contribution in [0.4, 0.5) is 0 Å². The average molecular weight is 411 g/mol. The number of carbonyl (C=O) groups excluding carboxylic acids is 1. The van der Waals surface area contributed by atoms with Crippen LogP contribution in [-0.2, 0) is 21.2 Å². The lowest BCUT2D eigenvalue weighted by Gasteiger charge is -2.38. The van der Waals surface area contributed by atoms with Gasteiger partial charge >= 0.3 is 0 Å². The summed E-state index contributed by atoms with van der Waals surface area (Å²) in [6.45, 7) is 7.43. The number of nitrogens with zero attached hydrogens (tertiary/aromatic N) is 5. The molecule has 1 unspecified atom stereocenters. The van der Waals surface area contributed by atoms with Crippen LogP contribution < -0.4 is 0 Å². The zero-order valence-electron chi connectivity index (χ0n) is 16.5. The van der Waals surface area contributed by atoms with Crippen LogP contribution in [0.15, 0.2) is 13.9 Å². The van der Waals surface area contributed by atoms with Crippen LogP contribution in [-0.4, -0.2) is 64.5 Å². The average Bonchev–Trinajstić information content (AvgIpc) is 3.20. The third-order valence-corrected chi connectivity index (χ3v) is 7.03. The second kappa shape index (κ2) is 8.00. The normalized spacial score (nSPS) is 18.4. The highest BCUT2D eigenvalue weighted by molar-refractivity contribution is 7.89. The van der Waals surface area contributed by atoms with Crippen molar-refractivity contribution in [3.63, 3.8) is 0 Å². The molecule has 1 aliphatic heterocycles. The molecule has 2 aromatic heterocycles. The van der Waals surface area contributed by atoms with Gasteiger partial charge in [-0.1, -0.05) is 10.3 Å². The topological polar surface area (TPSA) is 123 Å². The molecule has 1 atom stereocenters. The van der Waals surface area contributed by atoms with Gasteiger partial charge in [-0.05, 0) is 26.7 Å². The SMILES string of the molecule is CC(=O)N(CCc1noc(C)n1)C1CCCN(S(=O)(=O)c2c(C)noc2C)C1. The summed E-state index contributed by atoms with van der Waals surface area (Å²) >= 11 is 0. The summed E-state index contributed by atoms with van der Waals surface area (Å²) in [4.78, 5) is 18.2. The molecule has 154 valence electrons. The predicted molar refractivity (Wildman–Crippen MR) is 97.9 cm³/mol. The quantitative estimate of drug-likeness (QED) is 0.695. The number of sulfonamides is 1. The van der Waals surface area contributed by atoms with Crippen LogP contribution in [0.2, 0.25) is 0 Å². The van der Waals surface area contributed by atoms with Crippen LogP contribution in [0.3, 0.4) is 0 Å². The lowest BCUT2D eigenvalue weighted by atomic mass is 10.1. The van der Waals surface area contributed by atoms with Crippen molar-refractivity contribution in [2.75, 3.05) is 19.6 Å². The van der Waals surface area contributed by atoms with Crippen LogP contribution in [0, 0.1) is 20.8 Å². The van der Waals surface area contributed by atoms with Gasteiger partial charge in [0.2, 0.25) is 21.8 Å². The van der Waals surface area contributed by atoms with Crippen molar-refractivity contribution in [3.05, 3.63) is 23.2 Å². The fourth-order valence-electron chi connectivity index (χ4n) is 3.63. The summed E-state index contributed by atoms with van der Waals surface area (Å²) in [7, 11) is -3.74. The summed E-state index contributed by atoms with van der Waals surface area (Å²) in [6, 6.07) is -0.213. The first kappa shape index (κ1) is 20.5. The standard InChI is InChI=1S/C17H25N5O5S/c1-11-17(12(2)26-19-11)28(24,25)21-8-5-6-15(10-21)22(14(4)23)9-7-16-18-13(3)27-20-16/h15H,5-10H2,1-4H3. The first-order valence-corrected chi connectivity index (χ1v) is 10.6. The maximum atomic E-state index is 13.1. The van der Waals surface area contributed by atoms with Crippen LogP contribution >= 0.6 is 0 Å². The molecular weight excluding hydrogens is 386 g/mol. The van der Waals surface area contributed by atoms with Crippen molar-refractivity contribution >= 4 is 15.9 Å². The van der Waals surface area contributed by atoms with Gasteiger partial charge in [0.05, 0.1) is 0 Å². The molecule has 1 fully saturated rings. The van der Waals surface area contributed by atoms with Crippen molar-refractivity contribution in [3.8, 4) is 0 Å². The number of amides is 1. The van der Waals surface area contributed by atoms with E-state index in [1.54, 1.807) is 25.7 Å². The minimum Gasteiger partial charge on any atom is -0.360 e. The zero-order chi connectivity index (χ0) is 20.5. The third-order valence-electron chi connectivity index (χ3n) is 4.92. The van der Waals surface area contributed by atoms with Crippen molar-refractivity contribution in [2.45, 2.75) is 57.9 Å². The monoisotopic (exact) mass is 411 g/mol. The van der Waals surface area contributed by atoms with Crippen LogP contribution in [0.5, 0.6) is 0 Å². The second-order valence-electron chi connectivity index (χ2n) is 7.00. The fourth-order valence-corrected chi connectivity index (χ4v) is 5.43. The maximum Gasteiger partial charge on any atom is 0.248 e. The van der Waals surface area contributed by atoms with Crippen LogP contribution in [0.1, 0.15) is 42.9 Å². The number of aryl methyl sites for hydroxylation is 3. The molecule has 11 heteroatoms. The Balaban J connectivity index is 1.75. The van der Waals surface area contributed by atoms with E-state index < -0.39 is 10.0 Å². The zero-order valence-corrected chi connectivity index (χ0v) is 17.3. The summed E-state index contributed by atoms with van der Waals surface area (Å²) < 4.78 is 37.6. The Morgan fingerprint density at radius 2 is 2.00 bits per heavy atom. The van der Waals surface area contributed by atoms with Crippen molar-refractivity contribution < 1.29 is 22.3 Å². The summed E-state index contributed by atoms with van der Waals surface area (Å²) in [6.07, 6.45) is 1.85. The number of hydrogen-bond donors (Lipinski definition) is 0. The van der Waals surface area contributed by atoms with E-state index >= 15 is 0 Å². The number of rotatable bonds is 6. The number of hydrogen-bond acceptors (Lipinski definition) is 8. The molecule has 28 heavy (non-hydrogen) atoms. The largest absolute Gasteiger partial charge is 0.360 e. The van der Waals surface area contributed by atoms with Gasteiger partial charge in [-0.25, -0.2) is 8.42 Å². The second-order valence-corrected chi connectivity index (χ2v) is 8.88. The molecule has 0 aliphatic carbocycles. The number of aromatic nitrogens is 3. The Hall–Kier alpha value is -2.27. The van der Waals surface area contributed by atoms with Crippen molar-refractivity contribution in [2.24, 2.45) is 0 Å². The molecule has 1 saturated heterocycles. The summed E-state index contributed by atoms with van der Waals surface area (Å²) in [5.74, 6) is 1.16. The molecule has 3 heterocycles. The minimum atomic E-state index is -3.74. The highest BCUT2D eigenvalue weighted by Crippen LogP contribution is 2.27. The molecule has 0 N–H and O–H groups in total. The molecular formula is C17H25N5O5S. The van der Waals surface area contributed by atoms with E-state index in [0.717, 1.165) is 6.42 Å². The van der Waals surface area contributed by atoms with Crippen LogP contribution in [0.25, 0.3) is 0 Å². The van der Waals surface area contributed by atoms with E-state index in [2.05, 4.69) is 15.3 Å². The number of carbonyl (C=O) groups is 1. The molecule has 0 radical (unpaired) electrons. The predicted octanol–water partition coefficient (Wildman–Crippen LogP) is 1.23. The van der Waals surface area contributed by atoms with E-state index in [0.29, 0.717) is 43.3 Å². The van der Waals surface area contributed by atoms with Gasteiger partial charge in [0.15, 0.2) is 11.6 Å². The Morgan fingerprint density at radius 1 is 1.25 bits per heavy atom. The highest BCUT2D eigenvalue weighted by Gasteiger charge is 2.36. The van der Waals surface area contributed by atoms with E-state index in [9.17, 15) is 13.2 Å². The molecule has 0 aromatic carbocycles. The van der Waals surface area contributed by atoms with E-state index in [1.807, 2.05) is 0 Å². The molecule has 0 spiro atoms. The Kier molecular flexibility index (Phi) is 5.84. The van der Waals surface area contributed by atoms with Gasteiger partial charge in [0.1, 0.15) is 10.6 Å². The van der Waals surface area contributed by atoms with Gasteiger partial charge in [-0.3, -0.25) is 4.79 Å². The lowest BCUT2D eigenvalue weighted by Crippen LogP contribution is -2.51. The molecule has 2 aromatic rings. The van der Waals surface area contributed by atoms with Crippen molar-refractivity contribution in [1.29, 1.82) is 0 Å². The van der Waals surface area contributed by atoms with Gasteiger partial charge in [-0.15, -0.1) is 0 Å². The number of piperidine rings is 1. The van der Waals surface area contributed by atoms with Crippen molar-refractivity contribution in [1.82, 2.24) is 24.5 Å². The van der Waals surface area contributed by atoms with E-state index in [4.69, 9.17) is 9.05 Å². The Labute approximate surface area is 163 Å². The first-order valence-electron chi connectivity index (χ1n) is 9.19. The first-order chi connectivity index (χ1) is 13.2. The Morgan fingerprint density at radius 3 is 2.57 bits per heavy atom. The van der Waals surface area contributed by atoms with Gasteiger partial charge < -0.3 is 13.9 Å². The Bertz CT molecular complexity index is 932. The molecule has 1 aliphatic rings. The fraction of sp³-hybridized carbons (Fsp3) is 0.647. The molecule has 10 nitrogen and oxygen atoms in total. The molecule has 1 amide bonds. The lowest BCUT2D eigenvalue weighted by molar-refractivity contribution is -0.131.